The molecule has 0 aliphatic heterocycles. The number of hydrogen-bond acceptors (Lipinski definition) is 2. The minimum absolute atomic E-state index is 0.0638. The Morgan fingerprint density at radius 1 is 1.50 bits per heavy atom. The van der Waals surface area contributed by atoms with Crippen molar-refractivity contribution in [2.24, 2.45) is 0 Å². The van der Waals surface area contributed by atoms with Crippen molar-refractivity contribution in [2.45, 2.75) is 18.9 Å². The summed E-state index contributed by atoms with van der Waals surface area (Å²) in [6.07, 6.45) is 1.47. The van der Waals surface area contributed by atoms with Gasteiger partial charge in [0.25, 0.3) is 0 Å². The molecule has 0 bridgehead atoms. The van der Waals surface area contributed by atoms with E-state index in [1.165, 1.54) is 5.56 Å². The van der Waals surface area contributed by atoms with Gasteiger partial charge in [0.05, 0.1) is 0 Å². The number of rotatable bonds is 1. The van der Waals surface area contributed by atoms with Crippen LogP contribution in [0.2, 0.25) is 0 Å². The van der Waals surface area contributed by atoms with Gasteiger partial charge in [0.2, 0.25) is 0 Å². The van der Waals surface area contributed by atoms with Crippen LogP contribution < -0.4 is 5.32 Å². The minimum Gasteiger partial charge on any atom is -0.441 e. The SMILES string of the molecule is CNC(=O)OC1CCc2ccccc21. The van der Waals surface area contributed by atoms with Gasteiger partial charge in [0.15, 0.2) is 0 Å². The maximum atomic E-state index is 11.0. The molecule has 3 nitrogen and oxygen atoms in total. The molecule has 2 rings (SSSR count). The lowest BCUT2D eigenvalue weighted by molar-refractivity contribution is 0.100. The fraction of sp³-hybridized carbons (Fsp3) is 0.364. The van der Waals surface area contributed by atoms with Crippen molar-refractivity contribution in [3.05, 3.63) is 35.4 Å². The summed E-state index contributed by atoms with van der Waals surface area (Å²) in [5.41, 5.74) is 2.44. The molecule has 14 heavy (non-hydrogen) atoms. The maximum Gasteiger partial charge on any atom is 0.407 e. The van der Waals surface area contributed by atoms with Gasteiger partial charge in [0, 0.05) is 7.05 Å². The van der Waals surface area contributed by atoms with Crippen LogP contribution in [0.15, 0.2) is 24.3 Å². The molecule has 1 atom stereocenters. The van der Waals surface area contributed by atoms with E-state index in [9.17, 15) is 4.79 Å². The monoisotopic (exact) mass is 191 g/mol. The van der Waals surface area contributed by atoms with Crippen molar-refractivity contribution in [2.75, 3.05) is 7.05 Å². The van der Waals surface area contributed by atoms with Crippen molar-refractivity contribution in [1.82, 2.24) is 5.32 Å². The summed E-state index contributed by atoms with van der Waals surface area (Å²) in [5.74, 6) is 0. The number of benzene rings is 1. The third-order valence-electron chi connectivity index (χ3n) is 2.53. The molecule has 1 aromatic carbocycles. The summed E-state index contributed by atoms with van der Waals surface area (Å²) < 4.78 is 5.24. The zero-order valence-corrected chi connectivity index (χ0v) is 8.12. The Kier molecular flexibility index (Phi) is 2.39. The number of ether oxygens (including phenoxy) is 1. The fourth-order valence-corrected chi connectivity index (χ4v) is 1.83. The molecular weight excluding hydrogens is 178 g/mol. The summed E-state index contributed by atoms with van der Waals surface area (Å²) in [4.78, 5) is 11.0. The van der Waals surface area contributed by atoms with Crippen LogP contribution in [0.4, 0.5) is 4.79 Å². The van der Waals surface area contributed by atoms with E-state index in [2.05, 4.69) is 11.4 Å². The Morgan fingerprint density at radius 2 is 2.29 bits per heavy atom. The molecule has 1 unspecified atom stereocenters. The van der Waals surface area contributed by atoms with Gasteiger partial charge in [-0.05, 0) is 24.0 Å². The number of hydrogen-bond donors (Lipinski definition) is 1. The number of amides is 1. The molecule has 1 aliphatic carbocycles. The van der Waals surface area contributed by atoms with Gasteiger partial charge >= 0.3 is 6.09 Å². The van der Waals surface area contributed by atoms with Gasteiger partial charge in [-0.3, -0.25) is 0 Å². The molecule has 0 aromatic heterocycles. The number of carbonyl (C=O) groups excluding carboxylic acids is 1. The highest BCUT2D eigenvalue weighted by Gasteiger charge is 2.24. The molecule has 1 aliphatic rings. The van der Waals surface area contributed by atoms with Gasteiger partial charge in [-0.1, -0.05) is 24.3 Å². The van der Waals surface area contributed by atoms with E-state index in [0.717, 1.165) is 18.4 Å². The highest BCUT2D eigenvalue weighted by Crippen LogP contribution is 2.33. The van der Waals surface area contributed by atoms with E-state index in [1.54, 1.807) is 7.05 Å². The zero-order chi connectivity index (χ0) is 9.97. The van der Waals surface area contributed by atoms with Crippen molar-refractivity contribution in [3.8, 4) is 0 Å². The first-order valence-corrected chi connectivity index (χ1v) is 4.77. The van der Waals surface area contributed by atoms with E-state index in [-0.39, 0.29) is 12.2 Å². The van der Waals surface area contributed by atoms with Crippen LogP contribution in [0.25, 0.3) is 0 Å². The summed E-state index contributed by atoms with van der Waals surface area (Å²) in [5, 5.41) is 2.46. The molecule has 1 aromatic rings. The third kappa shape index (κ3) is 1.58. The smallest absolute Gasteiger partial charge is 0.407 e. The van der Waals surface area contributed by atoms with Gasteiger partial charge in [-0.25, -0.2) is 4.79 Å². The van der Waals surface area contributed by atoms with E-state index >= 15 is 0 Å². The molecule has 0 saturated carbocycles. The van der Waals surface area contributed by atoms with E-state index in [4.69, 9.17) is 4.74 Å². The average molecular weight is 191 g/mol. The zero-order valence-electron chi connectivity index (χ0n) is 8.12. The Bertz CT molecular complexity index is 349. The topological polar surface area (TPSA) is 38.3 Å². The summed E-state index contributed by atoms with van der Waals surface area (Å²) in [6, 6.07) is 8.10. The van der Waals surface area contributed by atoms with Gasteiger partial charge < -0.3 is 10.1 Å². The number of aryl methyl sites for hydroxylation is 1. The van der Waals surface area contributed by atoms with Gasteiger partial charge in [-0.15, -0.1) is 0 Å². The second kappa shape index (κ2) is 3.70. The maximum absolute atomic E-state index is 11.0. The Morgan fingerprint density at radius 3 is 3.07 bits per heavy atom. The second-order valence-corrected chi connectivity index (χ2v) is 3.38. The lowest BCUT2D eigenvalue weighted by Gasteiger charge is -2.12. The Balaban J connectivity index is 2.14. The van der Waals surface area contributed by atoms with Gasteiger partial charge in [0.1, 0.15) is 6.10 Å². The van der Waals surface area contributed by atoms with Crippen LogP contribution >= 0.6 is 0 Å². The number of carbonyl (C=O) groups is 1. The Labute approximate surface area is 83.1 Å². The van der Waals surface area contributed by atoms with Crippen LogP contribution in [-0.4, -0.2) is 13.1 Å². The molecule has 0 heterocycles. The predicted octanol–water partition coefficient (Wildman–Crippen LogP) is 2.03. The summed E-state index contributed by atoms with van der Waals surface area (Å²) >= 11 is 0. The molecule has 0 spiro atoms. The quantitative estimate of drug-likeness (QED) is 0.737. The van der Waals surface area contributed by atoms with Gasteiger partial charge in [-0.2, -0.15) is 0 Å². The highest BCUT2D eigenvalue weighted by atomic mass is 16.6. The second-order valence-electron chi connectivity index (χ2n) is 3.38. The summed E-state index contributed by atoms with van der Waals surface area (Å²) in [7, 11) is 1.57. The van der Waals surface area contributed by atoms with Crippen LogP contribution in [-0.2, 0) is 11.2 Å². The highest BCUT2D eigenvalue weighted by molar-refractivity contribution is 5.67. The van der Waals surface area contributed by atoms with E-state index in [0.29, 0.717) is 0 Å². The molecular formula is C11H13NO2. The standard InChI is InChI=1S/C11H13NO2/c1-12-11(13)14-10-7-6-8-4-2-3-5-9(8)10/h2-5,10H,6-7H2,1H3,(H,12,13). The first-order valence-electron chi connectivity index (χ1n) is 4.77. The molecule has 3 heteroatoms. The predicted molar refractivity (Wildman–Crippen MR) is 53.0 cm³/mol. The molecule has 0 radical (unpaired) electrons. The van der Waals surface area contributed by atoms with Crippen LogP contribution in [0, 0.1) is 0 Å². The molecule has 1 N–H and O–H groups in total. The molecule has 1 amide bonds. The van der Waals surface area contributed by atoms with Crippen LogP contribution in [0.5, 0.6) is 0 Å². The number of alkyl carbamates (subject to hydrolysis) is 1. The number of nitrogens with one attached hydrogen (secondary N) is 1. The van der Waals surface area contributed by atoms with Crippen LogP contribution in [0.3, 0.4) is 0 Å². The first-order chi connectivity index (χ1) is 6.81. The molecule has 0 saturated heterocycles. The summed E-state index contributed by atoms with van der Waals surface area (Å²) in [6.45, 7) is 0. The molecule has 0 fully saturated rings. The fourth-order valence-electron chi connectivity index (χ4n) is 1.83. The molecule has 74 valence electrons. The van der Waals surface area contributed by atoms with E-state index in [1.807, 2.05) is 18.2 Å². The van der Waals surface area contributed by atoms with Crippen LogP contribution in [0.1, 0.15) is 23.7 Å². The van der Waals surface area contributed by atoms with Crippen molar-refractivity contribution in [1.29, 1.82) is 0 Å². The van der Waals surface area contributed by atoms with Crippen molar-refractivity contribution < 1.29 is 9.53 Å². The van der Waals surface area contributed by atoms with E-state index < -0.39 is 0 Å². The van der Waals surface area contributed by atoms with Crippen molar-refractivity contribution in [3.63, 3.8) is 0 Å². The average Bonchev–Trinajstić information content (AvgIpc) is 2.62. The van der Waals surface area contributed by atoms with Crippen molar-refractivity contribution >= 4 is 6.09 Å². The lowest BCUT2D eigenvalue weighted by Crippen LogP contribution is -2.21. The largest absolute Gasteiger partial charge is 0.441 e. The normalized spacial score (nSPS) is 18.8. The number of fused-ring (bicyclic) bond motifs is 1. The lowest BCUT2D eigenvalue weighted by atomic mass is 10.1. The third-order valence-corrected chi connectivity index (χ3v) is 2.53. The Hall–Kier alpha value is -1.51. The first kappa shape index (κ1) is 9.06. The minimum atomic E-state index is -0.355.